The Morgan fingerprint density at radius 2 is 2.18 bits per heavy atom. The van der Waals surface area contributed by atoms with Crippen LogP contribution in [0.25, 0.3) is 0 Å². The Bertz CT molecular complexity index is 242. The number of alkyl halides is 1. The lowest BCUT2D eigenvalue weighted by Crippen LogP contribution is -1.95. The van der Waals surface area contributed by atoms with E-state index in [9.17, 15) is 0 Å². The first kappa shape index (κ1) is 9.01. The molecule has 3 heteroatoms. The molecule has 0 aromatic carbocycles. The molecule has 0 spiro atoms. The van der Waals surface area contributed by atoms with Crippen LogP contribution in [0.15, 0.2) is 0 Å². The van der Waals surface area contributed by atoms with Gasteiger partial charge in [-0.1, -0.05) is 0 Å². The molecular formula is C8H12ClNS. The molecule has 0 aliphatic heterocycles. The summed E-state index contributed by atoms with van der Waals surface area (Å²) < 4.78 is 0. The number of aromatic nitrogens is 1. The maximum atomic E-state index is 5.87. The van der Waals surface area contributed by atoms with Crippen molar-refractivity contribution in [3.05, 3.63) is 15.6 Å². The van der Waals surface area contributed by atoms with Crippen LogP contribution < -0.4 is 0 Å². The van der Waals surface area contributed by atoms with Gasteiger partial charge in [-0.05, 0) is 27.2 Å². The molecule has 0 N–H and O–H groups in total. The van der Waals surface area contributed by atoms with Gasteiger partial charge in [0.2, 0.25) is 0 Å². The number of halogens is 1. The standard InChI is InChI=1S/C8H12ClNS/c1-5(9)4-8-6(2)10-7(3)11-8/h5H,4H2,1-3H3. The predicted molar refractivity (Wildman–Crippen MR) is 50.6 cm³/mol. The minimum atomic E-state index is 0.216. The van der Waals surface area contributed by atoms with Crippen molar-refractivity contribution in [2.45, 2.75) is 32.6 Å². The molecule has 0 aliphatic rings. The average Bonchev–Trinajstić information content (AvgIpc) is 2.09. The zero-order valence-electron chi connectivity index (χ0n) is 7.02. The Kier molecular flexibility index (Phi) is 2.90. The maximum absolute atomic E-state index is 5.87. The van der Waals surface area contributed by atoms with Crippen LogP contribution in [0.1, 0.15) is 22.5 Å². The Balaban J connectivity index is 2.77. The van der Waals surface area contributed by atoms with E-state index in [0.717, 1.165) is 17.1 Å². The van der Waals surface area contributed by atoms with Crippen LogP contribution in [-0.2, 0) is 6.42 Å². The van der Waals surface area contributed by atoms with E-state index in [1.807, 2.05) is 20.8 Å². The second kappa shape index (κ2) is 3.55. The zero-order valence-corrected chi connectivity index (χ0v) is 8.59. The van der Waals surface area contributed by atoms with Crippen LogP contribution in [-0.4, -0.2) is 10.4 Å². The van der Waals surface area contributed by atoms with E-state index in [4.69, 9.17) is 11.6 Å². The van der Waals surface area contributed by atoms with Gasteiger partial charge < -0.3 is 0 Å². The highest BCUT2D eigenvalue weighted by Gasteiger charge is 2.06. The van der Waals surface area contributed by atoms with E-state index in [2.05, 4.69) is 4.98 Å². The molecule has 0 saturated carbocycles. The fourth-order valence-electron chi connectivity index (χ4n) is 1.02. The lowest BCUT2D eigenvalue weighted by Gasteiger charge is -1.98. The van der Waals surface area contributed by atoms with Gasteiger partial charge >= 0.3 is 0 Å². The van der Waals surface area contributed by atoms with Crippen LogP contribution in [0.4, 0.5) is 0 Å². The molecule has 62 valence electrons. The smallest absolute Gasteiger partial charge is 0.0900 e. The van der Waals surface area contributed by atoms with E-state index in [-0.39, 0.29) is 5.38 Å². The van der Waals surface area contributed by atoms with Gasteiger partial charge in [-0.3, -0.25) is 0 Å². The van der Waals surface area contributed by atoms with Crippen molar-refractivity contribution in [3.8, 4) is 0 Å². The highest BCUT2D eigenvalue weighted by molar-refractivity contribution is 7.11. The van der Waals surface area contributed by atoms with Crippen molar-refractivity contribution in [1.82, 2.24) is 4.98 Å². The van der Waals surface area contributed by atoms with E-state index < -0.39 is 0 Å². The first-order chi connectivity index (χ1) is 5.09. The molecule has 1 nitrogen and oxygen atoms in total. The molecule has 0 amide bonds. The maximum Gasteiger partial charge on any atom is 0.0900 e. The molecule has 1 unspecified atom stereocenters. The van der Waals surface area contributed by atoms with Gasteiger partial charge in [-0.2, -0.15) is 0 Å². The summed E-state index contributed by atoms with van der Waals surface area (Å²) in [5, 5.41) is 1.35. The monoisotopic (exact) mass is 189 g/mol. The molecule has 0 bridgehead atoms. The largest absolute Gasteiger partial charge is 0.247 e. The molecule has 1 heterocycles. The topological polar surface area (TPSA) is 12.9 Å². The second-order valence-electron chi connectivity index (χ2n) is 2.73. The van der Waals surface area contributed by atoms with Crippen molar-refractivity contribution in [3.63, 3.8) is 0 Å². The summed E-state index contributed by atoms with van der Waals surface area (Å²) in [6.07, 6.45) is 0.943. The number of hydrogen-bond acceptors (Lipinski definition) is 2. The molecule has 1 aromatic heterocycles. The first-order valence-electron chi connectivity index (χ1n) is 3.66. The number of hydrogen-bond donors (Lipinski definition) is 0. The van der Waals surface area contributed by atoms with Crippen LogP contribution in [0.5, 0.6) is 0 Å². The number of rotatable bonds is 2. The average molecular weight is 190 g/mol. The summed E-state index contributed by atoms with van der Waals surface area (Å²) >= 11 is 7.62. The molecule has 11 heavy (non-hydrogen) atoms. The van der Waals surface area contributed by atoms with E-state index >= 15 is 0 Å². The molecule has 1 atom stereocenters. The third kappa shape index (κ3) is 2.46. The van der Waals surface area contributed by atoms with Crippen molar-refractivity contribution < 1.29 is 0 Å². The van der Waals surface area contributed by atoms with Crippen LogP contribution in [0.2, 0.25) is 0 Å². The Hall–Kier alpha value is -0.0800. The molecule has 0 saturated heterocycles. The number of thiazole rings is 1. The highest BCUT2D eigenvalue weighted by atomic mass is 35.5. The summed E-state index contributed by atoms with van der Waals surface area (Å²) in [7, 11) is 0. The SMILES string of the molecule is Cc1nc(C)c(CC(C)Cl)s1. The normalized spacial score (nSPS) is 13.5. The lowest BCUT2D eigenvalue weighted by atomic mass is 10.2. The summed E-state index contributed by atoms with van der Waals surface area (Å²) in [6.45, 7) is 6.08. The van der Waals surface area contributed by atoms with Gasteiger partial charge in [-0.25, -0.2) is 4.98 Å². The second-order valence-corrected chi connectivity index (χ2v) is 4.76. The fourth-order valence-corrected chi connectivity index (χ4v) is 2.33. The van der Waals surface area contributed by atoms with Crippen molar-refractivity contribution >= 4 is 22.9 Å². The third-order valence-corrected chi connectivity index (χ3v) is 2.72. The van der Waals surface area contributed by atoms with Gasteiger partial charge in [0, 0.05) is 10.3 Å². The Morgan fingerprint density at radius 1 is 1.55 bits per heavy atom. The molecular weight excluding hydrogens is 178 g/mol. The van der Waals surface area contributed by atoms with Crippen LogP contribution in [0.3, 0.4) is 0 Å². The van der Waals surface area contributed by atoms with Crippen molar-refractivity contribution in [1.29, 1.82) is 0 Å². The lowest BCUT2D eigenvalue weighted by molar-refractivity contribution is 0.933. The van der Waals surface area contributed by atoms with Gasteiger partial charge in [0.25, 0.3) is 0 Å². The van der Waals surface area contributed by atoms with Crippen molar-refractivity contribution in [2.75, 3.05) is 0 Å². The van der Waals surface area contributed by atoms with Gasteiger partial charge in [0.05, 0.1) is 10.7 Å². The molecule has 0 radical (unpaired) electrons. The highest BCUT2D eigenvalue weighted by Crippen LogP contribution is 2.19. The number of nitrogens with zero attached hydrogens (tertiary/aromatic N) is 1. The van der Waals surface area contributed by atoms with Crippen LogP contribution >= 0.6 is 22.9 Å². The zero-order chi connectivity index (χ0) is 8.43. The summed E-state index contributed by atoms with van der Waals surface area (Å²) in [6, 6.07) is 0. The van der Waals surface area contributed by atoms with Gasteiger partial charge in [0.1, 0.15) is 0 Å². The van der Waals surface area contributed by atoms with Crippen molar-refractivity contribution in [2.24, 2.45) is 0 Å². The number of aryl methyl sites for hydroxylation is 2. The van der Waals surface area contributed by atoms with E-state index in [1.54, 1.807) is 11.3 Å². The molecule has 0 fully saturated rings. The van der Waals surface area contributed by atoms with E-state index in [0.29, 0.717) is 0 Å². The Labute approximate surface area is 76.4 Å². The summed E-state index contributed by atoms with van der Waals surface area (Å²) in [5.41, 5.74) is 1.14. The quantitative estimate of drug-likeness (QED) is 0.652. The Morgan fingerprint density at radius 3 is 2.55 bits per heavy atom. The van der Waals surface area contributed by atoms with E-state index in [1.165, 1.54) is 4.88 Å². The predicted octanol–water partition coefficient (Wildman–Crippen LogP) is 2.93. The fraction of sp³-hybridized carbons (Fsp3) is 0.625. The molecule has 1 rings (SSSR count). The van der Waals surface area contributed by atoms with Gasteiger partial charge in [0.15, 0.2) is 0 Å². The summed E-state index contributed by atoms with van der Waals surface area (Å²) in [5.74, 6) is 0. The van der Waals surface area contributed by atoms with Crippen LogP contribution in [0, 0.1) is 13.8 Å². The van der Waals surface area contributed by atoms with Gasteiger partial charge in [-0.15, -0.1) is 22.9 Å². The minimum absolute atomic E-state index is 0.216. The molecule has 0 aliphatic carbocycles. The third-order valence-electron chi connectivity index (χ3n) is 1.47. The first-order valence-corrected chi connectivity index (χ1v) is 4.92. The molecule has 1 aromatic rings. The minimum Gasteiger partial charge on any atom is -0.247 e. The summed E-state index contributed by atoms with van der Waals surface area (Å²) in [4.78, 5) is 5.65.